The molecule has 2 rings (SSSR count). The molecule has 21 heavy (non-hydrogen) atoms. The first-order valence-electron chi connectivity index (χ1n) is 7.04. The molecule has 118 valence electrons. The number of thioether (sulfide) groups is 1. The van der Waals surface area contributed by atoms with Crippen LogP contribution in [0.5, 0.6) is 0 Å². The lowest BCUT2D eigenvalue weighted by Crippen LogP contribution is -2.48. The summed E-state index contributed by atoms with van der Waals surface area (Å²) >= 11 is 5.19. The molecule has 1 saturated heterocycles. The van der Waals surface area contributed by atoms with Gasteiger partial charge in [0.15, 0.2) is 9.84 Å². The summed E-state index contributed by atoms with van der Waals surface area (Å²) in [6.45, 7) is 3.03. The van der Waals surface area contributed by atoms with Crippen molar-refractivity contribution in [3.05, 3.63) is 28.2 Å². The molecule has 0 spiro atoms. The van der Waals surface area contributed by atoms with Crippen molar-refractivity contribution in [2.75, 3.05) is 35.2 Å². The van der Waals surface area contributed by atoms with Crippen LogP contribution in [0, 0.1) is 0 Å². The molecular formula is C14H21BrN2O2S2. The van der Waals surface area contributed by atoms with E-state index in [2.05, 4.69) is 15.9 Å². The van der Waals surface area contributed by atoms with Gasteiger partial charge < -0.3 is 10.6 Å². The topological polar surface area (TPSA) is 63.4 Å². The van der Waals surface area contributed by atoms with Gasteiger partial charge in [-0.3, -0.25) is 0 Å². The second kappa shape index (κ2) is 7.35. The first kappa shape index (κ1) is 17.1. The molecule has 1 atom stereocenters. The fourth-order valence-corrected chi connectivity index (χ4v) is 5.93. The number of rotatable bonds is 5. The van der Waals surface area contributed by atoms with E-state index in [1.807, 2.05) is 23.1 Å². The minimum atomic E-state index is -3.10. The zero-order chi connectivity index (χ0) is 15.5. The van der Waals surface area contributed by atoms with E-state index in [9.17, 15) is 8.42 Å². The van der Waals surface area contributed by atoms with Crippen LogP contribution in [0.2, 0.25) is 0 Å². The van der Waals surface area contributed by atoms with Crippen LogP contribution >= 0.6 is 27.7 Å². The van der Waals surface area contributed by atoms with Crippen molar-refractivity contribution < 1.29 is 8.42 Å². The Labute approximate surface area is 139 Å². The zero-order valence-electron chi connectivity index (χ0n) is 12.1. The lowest BCUT2D eigenvalue weighted by atomic mass is 10.1. The fraction of sp³-hybridized carbons (Fsp3) is 0.571. The van der Waals surface area contributed by atoms with Crippen LogP contribution in [0.1, 0.15) is 12.5 Å². The molecule has 0 aliphatic carbocycles. The SMILES string of the molecule is CCS(=O)(=O)C1CSCCN1c1ccc(Br)cc1CCN. The fourth-order valence-electron chi connectivity index (χ4n) is 2.54. The van der Waals surface area contributed by atoms with E-state index in [-0.39, 0.29) is 5.75 Å². The van der Waals surface area contributed by atoms with Gasteiger partial charge in [0.25, 0.3) is 0 Å². The number of nitrogens with zero attached hydrogens (tertiary/aromatic N) is 1. The van der Waals surface area contributed by atoms with Crippen LogP contribution in [0.15, 0.2) is 22.7 Å². The zero-order valence-corrected chi connectivity index (χ0v) is 15.3. The maximum Gasteiger partial charge on any atom is 0.171 e. The smallest absolute Gasteiger partial charge is 0.171 e. The molecular weight excluding hydrogens is 372 g/mol. The van der Waals surface area contributed by atoms with Gasteiger partial charge in [-0.2, -0.15) is 11.8 Å². The Morgan fingerprint density at radius 3 is 2.90 bits per heavy atom. The number of sulfone groups is 1. The first-order valence-corrected chi connectivity index (χ1v) is 10.7. The third kappa shape index (κ3) is 3.94. The largest absolute Gasteiger partial charge is 0.353 e. The lowest BCUT2D eigenvalue weighted by Gasteiger charge is -2.37. The maximum absolute atomic E-state index is 12.4. The average molecular weight is 393 g/mol. The third-order valence-corrected chi connectivity index (χ3v) is 7.45. The molecule has 1 unspecified atom stereocenters. The number of hydrogen-bond acceptors (Lipinski definition) is 5. The molecule has 0 bridgehead atoms. The Morgan fingerprint density at radius 2 is 2.24 bits per heavy atom. The molecule has 0 saturated carbocycles. The molecule has 0 amide bonds. The molecule has 1 aliphatic rings. The summed E-state index contributed by atoms with van der Waals surface area (Å²) in [7, 11) is -3.10. The predicted octanol–water partition coefficient (Wildman–Crippen LogP) is 2.26. The molecule has 1 fully saturated rings. The van der Waals surface area contributed by atoms with E-state index in [0.717, 1.165) is 34.4 Å². The van der Waals surface area contributed by atoms with E-state index in [1.165, 1.54) is 0 Å². The molecule has 0 aromatic heterocycles. The Bertz CT molecular complexity index is 593. The van der Waals surface area contributed by atoms with Crippen molar-refractivity contribution in [2.45, 2.75) is 18.7 Å². The summed E-state index contributed by atoms with van der Waals surface area (Å²) in [5.74, 6) is 1.76. The number of benzene rings is 1. The first-order chi connectivity index (χ1) is 9.99. The third-order valence-electron chi connectivity index (χ3n) is 3.67. The predicted molar refractivity (Wildman–Crippen MR) is 94.8 cm³/mol. The highest BCUT2D eigenvalue weighted by molar-refractivity contribution is 9.10. The van der Waals surface area contributed by atoms with Crippen molar-refractivity contribution in [2.24, 2.45) is 5.73 Å². The van der Waals surface area contributed by atoms with Gasteiger partial charge in [0, 0.05) is 34.0 Å². The van der Waals surface area contributed by atoms with Crippen LogP contribution in [0.25, 0.3) is 0 Å². The van der Waals surface area contributed by atoms with Gasteiger partial charge in [-0.05, 0) is 36.7 Å². The lowest BCUT2D eigenvalue weighted by molar-refractivity contribution is 0.579. The Balaban J connectivity index is 2.42. The monoisotopic (exact) mass is 392 g/mol. The molecule has 2 N–H and O–H groups in total. The van der Waals surface area contributed by atoms with E-state index >= 15 is 0 Å². The highest BCUT2D eigenvalue weighted by Crippen LogP contribution is 2.31. The summed E-state index contributed by atoms with van der Waals surface area (Å²) in [6, 6.07) is 6.01. The van der Waals surface area contributed by atoms with Crippen molar-refractivity contribution >= 4 is 43.2 Å². The minimum absolute atomic E-state index is 0.178. The molecule has 7 heteroatoms. The molecule has 1 aromatic carbocycles. The molecule has 1 heterocycles. The molecule has 1 aromatic rings. The van der Waals surface area contributed by atoms with Crippen LogP contribution in [0.4, 0.5) is 5.69 Å². The normalized spacial score (nSPS) is 19.8. The number of halogens is 1. The molecule has 1 aliphatic heterocycles. The maximum atomic E-state index is 12.4. The summed E-state index contributed by atoms with van der Waals surface area (Å²) < 4.78 is 25.8. The Kier molecular flexibility index (Phi) is 5.99. The second-order valence-electron chi connectivity index (χ2n) is 4.99. The standard InChI is InChI=1S/C14H21BrN2O2S2/c1-2-21(18,19)14-10-20-8-7-17(14)13-4-3-12(15)9-11(13)5-6-16/h3-4,9,14H,2,5-8,10,16H2,1H3. The number of anilines is 1. The van der Waals surface area contributed by atoms with E-state index in [0.29, 0.717) is 12.3 Å². The van der Waals surface area contributed by atoms with Crippen LogP contribution < -0.4 is 10.6 Å². The van der Waals surface area contributed by atoms with Crippen molar-refractivity contribution in [1.82, 2.24) is 0 Å². The van der Waals surface area contributed by atoms with Gasteiger partial charge in [-0.25, -0.2) is 8.42 Å². The van der Waals surface area contributed by atoms with Gasteiger partial charge in [0.2, 0.25) is 0 Å². The van der Waals surface area contributed by atoms with E-state index < -0.39 is 15.2 Å². The van der Waals surface area contributed by atoms with Crippen LogP contribution in [-0.4, -0.2) is 44.1 Å². The molecule has 0 radical (unpaired) electrons. The minimum Gasteiger partial charge on any atom is -0.353 e. The summed E-state index contributed by atoms with van der Waals surface area (Å²) in [5.41, 5.74) is 7.81. The summed E-state index contributed by atoms with van der Waals surface area (Å²) in [5, 5.41) is -0.432. The highest BCUT2D eigenvalue weighted by atomic mass is 79.9. The summed E-state index contributed by atoms with van der Waals surface area (Å²) in [4.78, 5) is 2.05. The van der Waals surface area contributed by atoms with Crippen molar-refractivity contribution in [1.29, 1.82) is 0 Å². The second-order valence-corrected chi connectivity index (χ2v) is 9.50. The summed E-state index contributed by atoms with van der Waals surface area (Å²) in [6.07, 6.45) is 0.747. The van der Waals surface area contributed by atoms with Crippen molar-refractivity contribution in [3.8, 4) is 0 Å². The number of nitrogens with two attached hydrogens (primary N) is 1. The van der Waals surface area contributed by atoms with Crippen LogP contribution in [0.3, 0.4) is 0 Å². The van der Waals surface area contributed by atoms with E-state index in [1.54, 1.807) is 18.7 Å². The quantitative estimate of drug-likeness (QED) is 0.832. The van der Waals surface area contributed by atoms with Crippen molar-refractivity contribution in [3.63, 3.8) is 0 Å². The van der Waals surface area contributed by atoms with Gasteiger partial charge in [-0.15, -0.1) is 0 Å². The number of hydrogen-bond donors (Lipinski definition) is 1. The highest BCUT2D eigenvalue weighted by Gasteiger charge is 2.33. The van der Waals surface area contributed by atoms with E-state index in [4.69, 9.17) is 5.73 Å². The van der Waals surface area contributed by atoms with Gasteiger partial charge >= 0.3 is 0 Å². The van der Waals surface area contributed by atoms with Gasteiger partial charge in [0.05, 0.1) is 0 Å². The van der Waals surface area contributed by atoms with Gasteiger partial charge in [0.1, 0.15) is 5.37 Å². The Hall–Kier alpha value is -0.240. The van der Waals surface area contributed by atoms with Gasteiger partial charge in [-0.1, -0.05) is 22.9 Å². The molecule has 4 nitrogen and oxygen atoms in total. The average Bonchev–Trinajstić information content (AvgIpc) is 2.48. The van der Waals surface area contributed by atoms with Crippen LogP contribution in [-0.2, 0) is 16.3 Å². The Morgan fingerprint density at radius 1 is 1.48 bits per heavy atom.